The van der Waals surface area contributed by atoms with E-state index in [0.717, 1.165) is 11.3 Å². The molecule has 31 heavy (non-hydrogen) atoms. The molecule has 0 aromatic heterocycles. The molecule has 168 valence electrons. The summed E-state index contributed by atoms with van der Waals surface area (Å²) in [5, 5.41) is 14.0. The number of hydrogen-bond donors (Lipinski definition) is 2. The monoisotopic (exact) mass is 446 g/mol. The van der Waals surface area contributed by atoms with Gasteiger partial charge in [-0.15, -0.1) is 11.8 Å². The minimum Gasteiger partial charge on any atom is -0.477 e. The van der Waals surface area contributed by atoms with E-state index in [1.54, 1.807) is 10.3 Å². The maximum absolute atomic E-state index is 13.1. The normalized spacial score (nSPS) is 23.5. The average molecular weight is 447 g/mol. The Labute approximate surface area is 187 Å². The third-order valence-corrected chi connectivity index (χ3v) is 6.81. The summed E-state index contributed by atoms with van der Waals surface area (Å²) < 4.78 is 5.51. The molecule has 2 aliphatic rings. The number of carbonyl (C=O) groups excluding carboxylic acids is 2. The van der Waals surface area contributed by atoms with Gasteiger partial charge < -0.3 is 20.1 Å². The Morgan fingerprint density at radius 1 is 1.32 bits per heavy atom. The van der Waals surface area contributed by atoms with Crippen LogP contribution in [0.3, 0.4) is 0 Å². The van der Waals surface area contributed by atoms with Crippen molar-refractivity contribution < 1.29 is 24.2 Å². The number of carbonyl (C=O) groups is 3. The number of thioether (sulfide) groups is 1. The van der Waals surface area contributed by atoms with Crippen LogP contribution in [-0.2, 0) is 19.1 Å². The third-order valence-electron chi connectivity index (χ3n) is 5.49. The van der Waals surface area contributed by atoms with Crippen molar-refractivity contribution in [1.82, 2.24) is 5.32 Å². The summed E-state index contributed by atoms with van der Waals surface area (Å²) in [4.78, 5) is 38.2. The molecule has 0 saturated heterocycles. The fourth-order valence-corrected chi connectivity index (χ4v) is 5.01. The molecule has 0 radical (unpaired) electrons. The average Bonchev–Trinajstić information content (AvgIpc) is 3.08. The molecule has 1 aromatic rings. The predicted octanol–water partition coefficient (Wildman–Crippen LogP) is 4.00. The van der Waals surface area contributed by atoms with Crippen molar-refractivity contribution >= 4 is 35.3 Å². The molecular weight excluding hydrogens is 416 g/mol. The van der Waals surface area contributed by atoms with E-state index in [1.807, 2.05) is 52.0 Å². The standard InChI is InChI=1S/C23H30N2O5S/c1-5-23(24-17(13-31-23)21(28)29)14-25-18-9-7-6-8-16(18)15(10-11-19(25)26)12-20(27)30-22(2,3)4/h6-9,13,15,24H,5,10-12,14H2,1-4H3,(H,28,29). The molecule has 0 saturated carbocycles. The fraction of sp³-hybridized carbons (Fsp3) is 0.522. The van der Waals surface area contributed by atoms with Gasteiger partial charge in [-0.05, 0) is 51.2 Å². The smallest absolute Gasteiger partial charge is 0.352 e. The maximum atomic E-state index is 13.1. The van der Waals surface area contributed by atoms with Gasteiger partial charge >= 0.3 is 11.9 Å². The number of nitrogens with zero attached hydrogens (tertiary/aromatic N) is 1. The van der Waals surface area contributed by atoms with Crippen molar-refractivity contribution in [3.05, 3.63) is 40.9 Å². The summed E-state index contributed by atoms with van der Waals surface area (Å²) in [6.45, 7) is 7.82. The summed E-state index contributed by atoms with van der Waals surface area (Å²) in [5.74, 6) is -1.43. The molecule has 2 unspecified atom stereocenters. The van der Waals surface area contributed by atoms with Gasteiger partial charge in [0.1, 0.15) is 16.2 Å². The first-order valence-corrected chi connectivity index (χ1v) is 11.4. The van der Waals surface area contributed by atoms with E-state index in [1.165, 1.54) is 11.8 Å². The highest BCUT2D eigenvalue weighted by atomic mass is 32.2. The van der Waals surface area contributed by atoms with Crippen LogP contribution < -0.4 is 10.2 Å². The van der Waals surface area contributed by atoms with Crippen LogP contribution in [0.4, 0.5) is 5.69 Å². The number of benzene rings is 1. The number of fused-ring (bicyclic) bond motifs is 1. The number of amides is 1. The molecule has 0 bridgehead atoms. The molecule has 2 heterocycles. The quantitative estimate of drug-likeness (QED) is 0.638. The van der Waals surface area contributed by atoms with E-state index >= 15 is 0 Å². The summed E-state index contributed by atoms with van der Waals surface area (Å²) in [7, 11) is 0. The SMILES string of the molecule is CCC1(CN2C(=O)CCC(CC(=O)OC(C)(C)C)c3ccccc32)NC(C(=O)O)=CS1. The van der Waals surface area contributed by atoms with Crippen LogP contribution in [0.2, 0.25) is 0 Å². The van der Waals surface area contributed by atoms with Crippen LogP contribution in [0.1, 0.15) is 64.9 Å². The van der Waals surface area contributed by atoms with Crippen LogP contribution in [0.5, 0.6) is 0 Å². The van der Waals surface area contributed by atoms with Crippen molar-refractivity contribution in [3.63, 3.8) is 0 Å². The van der Waals surface area contributed by atoms with E-state index in [0.29, 0.717) is 25.8 Å². The van der Waals surface area contributed by atoms with E-state index in [4.69, 9.17) is 4.74 Å². The van der Waals surface area contributed by atoms with Crippen molar-refractivity contribution in [2.75, 3.05) is 11.4 Å². The molecule has 1 amide bonds. The zero-order chi connectivity index (χ0) is 22.8. The molecule has 2 atom stereocenters. The molecule has 1 aromatic carbocycles. The lowest BCUT2D eigenvalue weighted by Gasteiger charge is -2.35. The summed E-state index contributed by atoms with van der Waals surface area (Å²) in [6, 6.07) is 7.65. The lowest BCUT2D eigenvalue weighted by Crippen LogP contribution is -2.50. The van der Waals surface area contributed by atoms with Gasteiger partial charge in [0.15, 0.2) is 0 Å². The third kappa shape index (κ3) is 5.42. The number of anilines is 1. The number of rotatable bonds is 6. The van der Waals surface area contributed by atoms with Crippen molar-refractivity contribution in [3.8, 4) is 0 Å². The zero-order valence-electron chi connectivity index (χ0n) is 18.4. The lowest BCUT2D eigenvalue weighted by molar-refractivity contribution is -0.155. The second-order valence-corrected chi connectivity index (χ2v) is 10.2. The number of aliphatic carboxylic acids is 1. The predicted molar refractivity (Wildman–Crippen MR) is 121 cm³/mol. The van der Waals surface area contributed by atoms with Crippen LogP contribution >= 0.6 is 11.8 Å². The van der Waals surface area contributed by atoms with Gasteiger partial charge in [0.25, 0.3) is 0 Å². The molecule has 0 aliphatic carbocycles. The topological polar surface area (TPSA) is 95.9 Å². The first kappa shape index (κ1) is 23.2. The van der Waals surface area contributed by atoms with E-state index in [2.05, 4.69) is 5.32 Å². The number of nitrogens with one attached hydrogen (secondary N) is 1. The Hall–Kier alpha value is -2.48. The van der Waals surface area contributed by atoms with Gasteiger partial charge in [-0.3, -0.25) is 9.59 Å². The van der Waals surface area contributed by atoms with Crippen molar-refractivity contribution in [1.29, 1.82) is 0 Å². The molecule has 2 N–H and O–H groups in total. The number of hydrogen-bond acceptors (Lipinski definition) is 6. The highest BCUT2D eigenvalue weighted by Crippen LogP contribution is 2.41. The Morgan fingerprint density at radius 2 is 2.03 bits per heavy atom. The van der Waals surface area contributed by atoms with Crippen LogP contribution in [0.15, 0.2) is 35.4 Å². The summed E-state index contributed by atoms with van der Waals surface area (Å²) in [5.41, 5.74) is 1.30. The zero-order valence-corrected chi connectivity index (χ0v) is 19.3. The van der Waals surface area contributed by atoms with E-state index < -0.39 is 16.4 Å². The minimum atomic E-state index is -1.01. The second kappa shape index (κ2) is 8.94. The number of para-hydroxylation sites is 1. The van der Waals surface area contributed by atoms with Crippen LogP contribution in [0.25, 0.3) is 0 Å². The van der Waals surface area contributed by atoms with Gasteiger partial charge in [0.05, 0.1) is 13.0 Å². The lowest BCUT2D eigenvalue weighted by atomic mass is 9.91. The van der Waals surface area contributed by atoms with Crippen LogP contribution in [-0.4, -0.2) is 40.0 Å². The molecule has 0 fully saturated rings. The first-order chi connectivity index (χ1) is 14.5. The Morgan fingerprint density at radius 3 is 2.65 bits per heavy atom. The van der Waals surface area contributed by atoms with E-state index in [-0.39, 0.29) is 29.9 Å². The van der Waals surface area contributed by atoms with Gasteiger partial charge in [0, 0.05) is 17.5 Å². The minimum absolute atomic E-state index is 0.0295. The first-order valence-electron chi connectivity index (χ1n) is 10.5. The highest BCUT2D eigenvalue weighted by molar-refractivity contribution is 8.03. The number of carboxylic acid groups (broad SMARTS) is 1. The van der Waals surface area contributed by atoms with Gasteiger partial charge in [-0.2, -0.15) is 0 Å². The highest BCUT2D eigenvalue weighted by Gasteiger charge is 2.40. The van der Waals surface area contributed by atoms with Gasteiger partial charge in [-0.1, -0.05) is 25.1 Å². The van der Waals surface area contributed by atoms with Crippen molar-refractivity contribution in [2.45, 2.75) is 69.8 Å². The Kier molecular flexibility index (Phi) is 6.69. The number of ether oxygens (including phenoxy) is 1. The molecule has 8 heteroatoms. The molecule has 3 rings (SSSR count). The van der Waals surface area contributed by atoms with Gasteiger partial charge in [0.2, 0.25) is 5.91 Å². The molecule has 2 aliphatic heterocycles. The fourth-order valence-electron chi connectivity index (χ4n) is 3.97. The largest absolute Gasteiger partial charge is 0.477 e. The van der Waals surface area contributed by atoms with Crippen LogP contribution in [0, 0.1) is 0 Å². The number of carboxylic acids is 1. The Balaban J connectivity index is 1.87. The number of esters is 1. The van der Waals surface area contributed by atoms with E-state index in [9.17, 15) is 19.5 Å². The second-order valence-electron chi connectivity index (χ2n) is 8.99. The Bertz CT molecular complexity index is 907. The molecule has 7 nitrogen and oxygen atoms in total. The summed E-state index contributed by atoms with van der Waals surface area (Å²) >= 11 is 1.40. The van der Waals surface area contributed by atoms with Gasteiger partial charge in [-0.25, -0.2) is 4.79 Å². The van der Waals surface area contributed by atoms with Crippen molar-refractivity contribution in [2.24, 2.45) is 0 Å². The molecule has 0 spiro atoms. The molecular formula is C23H30N2O5S. The summed E-state index contributed by atoms with van der Waals surface area (Å²) in [6.07, 6.45) is 1.72. The maximum Gasteiger partial charge on any atom is 0.352 e.